The molecule has 0 spiro atoms. The molecule has 0 unspecified atom stereocenters. The summed E-state index contributed by atoms with van der Waals surface area (Å²) < 4.78 is 15.9. The predicted molar refractivity (Wildman–Crippen MR) is 127 cm³/mol. The van der Waals surface area contributed by atoms with Gasteiger partial charge in [-0.2, -0.15) is 5.10 Å². The van der Waals surface area contributed by atoms with Crippen molar-refractivity contribution >= 4 is 35.3 Å². The summed E-state index contributed by atoms with van der Waals surface area (Å²) in [6.07, 6.45) is 1.45. The number of nitrogens with zero attached hydrogens (tertiary/aromatic N) is 1. The summed E-state index contributed by atoms with van der Waals surface area (Å²) in [6.45, 7) is 0. The van der Waals surface area contributed by atoms with Crippen molar-refractivity contribution in [3.63, 3.8) is 0 Å². The van der Waals surface area contributed by atoms with Crippen LogP contribution < -0.4 is 25.0 Å². The van der Waals surface area contributed by atoms with Gasteiger partial charge in [0.1, 0.15) is 0 Å². The number of carbonyl (C=O) groups is 2. The third-order valence-corrected chi connectivity index (χ3v) is 4.77. The average Bonchev–Trinajstić information content (AvgIpc) is 2.83. The molecular weight excluding hydrogens is 446 g/mol. The first-order chi connectivity index (χ1) is 15.9. The molecule has 0 saturated carbocycles. The molecule has 3 rings (SSSR count). The van der Waals surface area contributed by atoms with Crippen LogP contribution in [0, 0.1) is 0 Å². The number of anilines is 1. The Kier molecular flexibility index (Phi) is 7.88. The number of benzene rings is 3. The molecule has 0 atom stereocenters. The van der Waals surface area contributed by atoms with Gasteiger partial charge in [-0.15, -0.1) is 0 Å². The highest BCUT2D eigenvalue weighted by molar-refractivity contribution is 6.31. The Labute approximate surface area is 196 Å². The number of amides is 2. The van der Waals surface area contributed by atoms with Crippen molar-refractivity contribution in [3.8, 4) is 17.2 Å². The molecule has 3 aromatic rings. The van der Waals surface area contributed by atoms with Crippen molar-refractivity contribution < 1.29 is 23.8 Å². The van der Waals surface area contributed by atoms with E-state index in [2.05, 4.69) is 15.8 Å². The van der Waals surface area contributed by atoms with Crippen molar-refractivity contribution in [3.05, 3.63) is 82.4 Å². The predicted octanol–water partition coefficient (Wildman–Crippen LogP) is 4.38. The molecule has 2 N–H and O–H groups in total. The summed E-state index contributed by atoms with van der Waals surface area (Å²) in [6, 6.07) is 16.5. The third kappa shape index (κ3) is 6.02. The van der Waals surface area contributed by atoms with Gasteiger partial charge in [0.15, 0.2) is 11.5 Å². The van der Waals surface area contributed by atoms with Crippen molar-refractivity contribution in [2.45, 2.75) is 0 Å². The molecule has 33 heavy (non-hydrogen) atoms. The number of nitrogens with one attached hydrogen (secondary N) is 2. The number of hydrogen-bond donors (Lipinski definition) is 2. The highest BCUT2D eigenvalue weighted by atomic mass is 35.5. The van der Waals surface area contributed by atoms with E-state index in [0.717, 1.165) is 0 Å². The molecule has 170 valence electrons. The first kappa shape index (κ1) is 23.6. The largest absolute Gasteiger partial charge is 0.493 e. The summed E-state index contributed by atoms with van der Waals surface area (Å²) in [5.74, 6) is 0.603. The number of carbonyl (C=O) groups excluding carboxylic acids is 2. The zero-order valence-corrected chi connectivity index (χ0v) is 19.0. The van der Waals surface area contributed by atoms with Crippen LogP contribution in [0.3, 0.4) is 0 Å². The maximum absolute atomic E-state index is 12.5. The molecule has 0 aliphatic rings. The minimum atomic E-state index is -0.447. The number of halogens is 1. The Balaban J connectivity index is 1.69. The van der Waals surface area contributed by atoms with E-state index in [1.165, 1.54) is 27.5 Å². The van der Waals surface area contributed by atoms with E-state index in [4.69, 9.17) is 25.8 Å². The lowest BCUT2D eigenvalue weighted by Gasteiger charge is -2.12. The summed E-state index contributed by atoms with van der Waals surface area (Å²) in [5, 5.41) is 7.20. The first-order valence-electron chi connectivity index (χ1n) is 9.75. The lowest BCUT2D eigenvalue weighted by Crippen LogP contribution is -2.18. The second kappa shape index (κ2) is 11.0. The molecule has 0 radical (unpaired) electrons. The Morgan fingerprint density at radius 1 is 0.848 bits per heavy atom. The normalized spacial score (nSPS) is 10.5. The minimum Gasteiger partial charge on any atom is -0.493 e. The molecule has 0 heterocycles. The summed E-state index contributed by atoms with van der Waals surface area (Å²) >= 11 is 5.93. The molecule has 0 bridgehead atoms. The van der Waals surface area contributed by atoms with Gasteiger partial charge >= 0.3 is 0 Å². The fourth-order valence-electron chi connectivity index (χ4n) is 2.98. The monoisotopic (exact) mass is 467 g/mol. The van der Waals surface area contributed by atoms with Gasteiger partial charge in [-0.05, 0) is 48.5 Å². The fourth-order valence-corrected chi connectivity index (χ4v) is 3.17. The van der Waals surface area contributed by atoms with Crippen molar-refractivity contribution in [2.75, 3.05) is 26.6 Å². The second-order valence-electron chi connectivity index (χ2n) is 6.70. The Morgan fingerprint density at radius 3 is 2.09 bits per heavy atom. The quantitative estimate of drug-likeness (QED) is 0.378. The van der Waals surface area contributed by atoms with E-state index in [-0.39, 0.29) is 5.91 Å². The van der Waals surface area contributed by atoms with E-state index in [1.807, 2.05) is 0 Å². The molecule has 0 aliphatic carbocycles. The van der Waals surface area contributed by atoms with Gasteiger partial charge in [0.2, 0.25) is 5.75 Å². The molecule has 9 heteroatoms. The Morgan fingerprint density at radius 2 is 1.48 bits per heavy atom. The molecule has 0 fully saturated rings. The summed E-state index contributed by atoms with van der Waals surface area (Å²) in [5.41, 5.74) is 4.28. The van der Waals surface area contributed by atoms with Crippen LogP contribution in [0.15, 0.2) is 65.8 Å². The molecule has 2 amide bonds. The van der Waals surface area contributed by atoms with Crippen LogP contribution in [-0.4, -0.2) is 39.4 Å². The van der Waals surface area contributed by atoms with Crippen LogP contribution in [-0.2, 0) is 0 Å². The lowest BCUT2D eigenvalue weighted by molar-refractivity contribution is 0.0953. The van der Waals surface area contributed by atoms with Gasteiger partial charge in [0, 0.05) is 27.4 Å². The number of hydrogen-bond acceptors (Lipinski definition) is 6. The lowest BCUT2D eigenvalue weighted by atomic mass is 10.1. The smallest absolute Gasteiger partial charge is 0.271 e. The van der Waals surface area contributed by atoms with Gasteiger partial charge in [-0.1, -0.05) is 23.7 Å². The summed E-state index contributed by atoms with van der Waals surface area (Å²) in [7, 11) is 4.54. The standard InChI is InChI=1S/C24H22ClN3O5/c1-31-20-10-15(11-21(32-2)22(20)33-3)14-26-28-24(30)17-7-5-9-19(13-17)27-23(29)16-6-4-8-18(25)12-16/h4-14H,1-3H3,(H,27,29)(H,28,30). The highest BCUT2D eigenvalue weighted by Crippen LogP contribution is 2.37. The number of hydrazone groups is 1. The minimum absolute atomic E-state index is 0.320. The molecule has 0 aromatic heterocycles. The van der Waals surface area contributed by atoms with Gasteiger partial charge in [0.25, 0.3) is 11.8 Å². The summed E-state index contributed by atoms with van der Waals surface area (Å²) in [4.78, 5) is 24.9. The van der Waals surface area contributed by atoms with E-state index >= 15 is 0 Å². The van der Waals surface area contributed by atoms with Crippen molar-refractivity contribution in [2.24, 2.45) is 5.10 Å². The number of ether oxygens (including phenoxy) is 3. The topological polar surface area (TPSA) is 98.2 Å². The van der Waals surface area contributed by atoms with E-state index < -0.39 is 5.91 Å². The number of methoxy groups -OCH3 is 3. The zero-order valence-electron chi connectivity index (χ0n) is 18.2. The highest BCUT2D eigenvalue weighted by Gasteiger charge is 2.13. The maximum atomic E-state index is 12.5. The van der Waals surface area contributed by atoms with Gasteiger partial charge < -0.3 is 19.5 Å². The average molecular weight is 468 g/mol. The van der Waals surface area contributed by atoms with Crippen LogP contribution in [0.2, 0.25) is 5.02 Å². The zero-order chi connectivity index (χ0) is 23.8. The van der Waals surface area contributed by atoms with Crippen LogP contribution in [0.4, 0.5) is 5.69 Å². The molecule has 3 aromatic carbocycles. The molecule has 0 aliphatic heterocycles. The van der Waals surface area contributed by atoms with Crippen molar-refractivity contribution in [1.29, 1.82) is 0 Å². The van der Waals surface area contributed by atoms with E-state index in [9.17, 15) is 9.59 Å². The maximum Gasteiger partial charge on any atom is 0.271 e. The van der Waals surface area contributed by atoms with E-state index in [0.29, 0.717) is 44.6 Å². The first-order valence-corrected chi connectivity index (χ1v) is 10.1. The second-order valence-corrected chi connectivity index (χ2v) is 7.14. The van der Waals surface area contributed by atoms with Crippen LogP contribution in [0.1, 0.15) is 26.3 Å². The van der Waals surface area contributed by atoms with Gasteiger partial charge in [-0.3, -0.25) is 9.59 Å². The Bertz CT molecular complexity index is 1170. The van der Waals surface area contributed by atoms with Gasteiger partial charge in [-0.25, -0.2) is 5.43 Å². The SMILES string of the molecule is COc1cc(C=NNC(=O)c2cccc(NC(=O)c3cccc(Cl)c3)c2)cc(OC)c1OC. The fraction of sp³-hybridized carbons (Fsp3) is 0.125. The van der Waals surface area contributed by atoms with Crippen LogP contribution in [0.25, 0.3) is 0 Å². The molecule has 0 saturated heterocycles. The third-order valence-electron chi connectivity index (χ3n) is 4.54. The Hall–Kier alpha value is -4.04. The van der Waals surface area contributed by atoms with Crippen molar-refractivity contribution in [1.82, 2.24) is 5.43 Å². The van der Waals surface area contributed by atoms with Gasteiger partial charge in [0.05, 0.1) is 27.5 Å². The van der Waals surface area contributed by atoms with Crippen LogP contribution >= 0.6 is 11.6 Å². The molecular formula is C24H22ClN3O5. The number of rotatable bonds is 8. The van der Waals surface area contributed by atoms with Crippen LogP contribution in [0.5, 0.6) is 17.2 Å². The molecule has 8 nitrogen and oxygen atoms in total. The van der Waals surface area contributed by atoms with E-state index in [1.54, 1.807) is 60.7 Å².